The van der Waals surface area contributed by atoms with Crippen LogP contribution in [-0.4, -0.2) is 43.9 Å². The molecule has 1 aliphatic heterocycles. The number of nitrogens with one attached hydrogen (secondary N) is 2. The Hall–Kier alpha value is -2.78. The van der Waals surface area contributed by atoms with Crippen molar-refractivity contribution < 1.29 is 22.3 Å². The molecule has 1 aromatic carbocycles. The van der Waals surface area contributed by atoms with E-state index >= 15 is 0 Å². The minimum atomic E-state index is -3.38. The fraction of sp³-hybridized carbons (Fsp3) is 0.481. The number of alkyl carbamates (subject to hydrolysis) is 1. The summed E-state index contributed by atoms with van der Waals surface area (Å²) in [5.74, 6) is 0.193. The summed E-state index contributed by atoms with van der Waals surface area (Å²) in [6.07, 6.45) is 8.59. The van der Waals surface area contributed by atoms with Crippen molar-refractivity contribution >= 4 is 22.2 Å². The Labute approximate surface area is 211 Å². The molecule has 0 radical (unpaired) electrons. The van der Waals surface area contributed by atoms with Gasteiger partial charge in [-0.25, -0.2) is 22.3 Å². The molecule has 2 saturated carbocycles. The fourth-order valence-corrected chi connectivity index (χ4v) is 8.46. The Kier molecular flexibility index (Phi) is 7.12. The second kappa shape index (κ2) is 10.3. The molecule has 2 aliphatic carbocycles. The first kappa shape index (κ1) is 24.9. The molecule has 5 rings (SSSR count). The number of nitrogens with zero attached hydrogens (tertiary/aromatic N) is 1. The molecular formula is C27H32FN3O4S. The molecule has 2 N–H and O–H groups in total. The zero-order valence-electron chi connectivity index (χ0n) is 20.3. The van der Waals surface area contributed by atoms with Crippen LogP contribution in [0.5, 0.6) is 0 Å². The average molecular weight is 514 g/mol. The molecule has 0 spiro atoms. The van der Waals surface area contributed by atoms with Crippen molar-refractivity contribution in [1.82, 2.24) is 15.0 Å². The van der Waals surface area contributed by atoms with Crippen molar-refractivity contribution in [3.8, 4) is 11.1 Å². The molecule has 3 fully saturated rings. The van der Waals surface area contributed by atoms with Gasteiger partial charge in [0.25, 0.3) is 0 Å². The first-order valence-electron chi connectivity index (χ1n) is 12.7. The second-order valence-electron chi connectivity index (χ2n) is 10.1. The first-order valence-corrected chi connectivity index (χ1v) is 14.2. The van der Waals surface area contributed by atoms with E-state index < -0.39 is 15.3 Å². The second-order valence-corrected chi connectivity index (χ2v) is 12.0. The summed E-state index contributed by atoms with van der Waals surface area (Å²) in [7, 11) is -3.38. The lowest BCUT2D eigenvalue weighted by Gasteiger charge is -2.47. The van der Waals surface area contributed by atoms with Crippen LogP contribution in [0.1, 0.15) is 38.3 Å². The number of pyridine rings is 1. The van der Waals surface area contributed by atoms with Gasteiger partial charge in [0.1, 0.15) is 5.82 Å². The van der Waals surface area contributed by atoms with Gasteiger partial charge in [-0.2, -0.15) is 0 Å². The highest BCUT2D eigenvalue weighted by Crippen LogP contribution is 2.50. The lowest BCUT2D eigenvalue weighted by molar-refractivity contribution is 0.0802. The highest BCUT2D eigenvalue weighted by Gasteiger charge is 2.53. The average Bonchev–Trinajstić information content (AvgIpc) is 3.16. The Morgan fingerprint density at radius 1 is 1.19 bits per heavy atom. The maximum absolute atomic E-state index is 13.6. The molecule has 1 amide bonds. The van der Waals surface area contributed by atoms with Gasteiger partial charge in [-0.05, 0) is 86.1 Å². The van der Waals surface area contributed by atoms with Crippen LogP contribution in [0.4, 0.5) is 9.18 Å². The number of halogens is 1. The predicted octanol–water partition coefficient (Wildman–Crippen LogP) is 4.37. The van der Waals surface area contributed by atoms with Crippen LogP contribution in [0.3, 0.4) is 0 Å². The molecule has 36 heavy (non-hydrogen) atoms. The molecule has 0 unspecified atom stereocenters. The third kappa shape index (κ3) is 5.18. The smallest absolute Gasteiger partial charge is 0.407 e. The van der Waals surface area contributed by atoms with Gasteiger partial charge >= 0.3 is 6.09 Å². The van der Waals surface area contributed by atoms with Crippen LogP contribution in [0, 0.1) is 29.5 Å². The molecule has 7 nitrogen and oxygen atoms in total. The molecule has 9 heteroatoms. The van der Waals surface area contributed by atoms with Gasteiger partial charge in [0, 0.05) is 24.3 Å². The molecule has 6 atom stereocenters. The van der Waals surface area contributed by atoms with Crippen LogP contribution in [0.25, 0.3) is 17.2 Å². The molecule has 2 heterocycles. The van der Waals surface area contributed by atoms with Crippen LogP contribution in [-0.2, 0) is 14.8 Å². The number of hydrogen-bond acceptors (Lipinski definition) is 5. The van der Waals surface area contributed by atoms with Crippen molar-refractivity contribution in [1.29, 1.82) is 0 Å². The number of benzene rings is 1. The SMILES string of the molecule is CCOC(=O)N[C@@H]1CC[C@@H]2[C@@H](C1)C[C@@H]1CNS(=O)(=O)[C@@H]1[C@H]2C=Cc1ccc(-c2cccc(F)c2)cn1. The lowest BCUT2D eigenvalue weighted by Crippen LogP contribution is -2.49. The highest BCUT2D eigenvalue weighted by atomic mass is 32.2. The van der Waals surface area contributed by atoms with Crippen LogP contribution in [0.2, 0.25) is 0 Å². The standard InChI is InChI=1S/C27H32FN3O4S/c1-2-35-27(32)31-23-9-10-24-19(14-23)12-20-16-30-36(33,34)26(20)25(24)11-8-22-7-6-18(15-29-22)17-4-3-5-21(28)13-17/h3-8,11,13,15,19-20,23-26,30H,2,9-10,12,14,16H2,1H3,(H,31,32)/t19-,20-,23-,24-,25+,26+/m1/s1. The fourth-order valence-electron chi connectivity index (χ4n) is 6.40. The largest absolute Gasteiger partial charge is 0.450 e. The molecule has 2 aromatic rings. The monoisotopic (exact) mass is 513 g/mol. The first-order chi connectivity index (χ1) is 17.3. The van der Waals surface area contributed by atoms with Crippen molar-refractivity contribution in [2.24, 2.45) is 23.7 Å². The number of carbonyl (C=O) groups excluding carboxylic acids is 1. The number of carbonyl (C=O) groups is 1. The lowest BCUT2D eigenvalue weighted by atomic mass is 9.61. The van der Waals surface area contributed by atoms with Crippen molar-refractivity contribution in [3.63, 3.8) is 0 Å². The quantitative estimate of drug-likeness (QED) is 0.619. The maximum Gasteiger partial charge on any atom is 0.407 e. The van der Waals surface area contributed by atoms with E-state index in [0.717, 1.165) is 42.5 Å². The Bertz CT molecular complexity index is 1230. The van der Waals surface area contributed by atoms with Crippen LogP contribution >= 0.6 is 0 Å². The van der Waals surface area contributed by atoms with Gasteiger partial charge in [0.15, 0.2) is 0 Å². The number of aromatic nitrogens is 1. The summed E-state index contributed by atoms with van der Waals surface area (Å²) in [5, 5.41) is 2.53. The van der Waals surface area contributed by atoms with Crippen molar-refractivity contribution in [3.05, 3.63) is 60.2 Å². The van der Waals surface area contributed by atoms with Gasteiger partial charge in [-0.1, -0.05) is 24.3 Å². The Balaban J connectivity index is 1.35. The van der Waals surface area contributed by atoms with E-state index in [1.807, 2.05) is 30.4 Å². The number of hydrogen-bond donors (Lipinski definition) is 2. The summed E-state index contributed by atoms with van der Waals surface area (Å²) >= 11 is 0. The van der Waals surface area contributed by atoms with Gasteiger partial charge in [0.2, 0.25) is 10.0 Å². The number of amides is 1. The number of sulfonamides is 1. The predicted molar refractivity (Wildman–Crippen MR) is 136 cm³/mol. The summed E-state index contributed by atoms with van der Waals surface area (Å²) < 4.78 is 47.3. The summed E-state index contributed by atoms with van der Waals surface area (Å²) in [6.45, 7) is 2.59. The third-order valence-electron chi connectivity index (χ3n) is 7.92. The number of ether oxygens (including phenoxy) is 1. The third-order valence-corrected chi connectivity index (χ3v) is 9.91. The normalized spacial score (nSPS) is 30.9. The molecule has 1 aromatic heterocycles. The van der Waals surface area contributed by atoms with E-state index in [1.165, 1.54) is 12.1 Å². The van der Waals surface area contributed by atoms with E-state index in [9.17, 15) is 17.6 Å². The molecule has 0 bridgehead atoms. The minimum absolute atomic E-state index is 0.0504. The van der Waals surface area contributed by atoms with E-state index in [1.54, 1.807) is 19.2 Å². The number of fused-ring (bicyclic) bond motifs is 2. The number of allylic oxidation sites excluding steroid dienone is 1. The maximum atomic E-state index is 13.6. The topological polar surface area (TPSA) is 97.4 Å². The van der Waals surface area contributed by atoms with E-state index in [4.69, 9.17) is 4.74 Å². The van der Waals surface area contributed by atoms with E-state index in [0.29, 0.717) is 19.1 Å². The molecule has 3 aliphatic rings. The molecular weight excluding hydrogens is 481 g/mol. The van der Waals surface area contributed by atoms with Gasteiger partial charge in [-0.15, -0.1) is 0 Å². The zero-order chi connectivity index (χ0) is 25.3. The summed E-state index contributed by atoms with van der Waals surface area (Å²) in [6, 6.07) is 10.2. The Morgan fingerprint density at radius 3 is 2.81 bits per heavy atom. The van der Waals surface area contributed by atoms with Crippen molar-refractivity contribution in [2.75, 3.05) is 13.2 Å². The van der Waals surface area contributed by atoms with E-state index in [2.05, 4.69) is 15.0 Å². The molecule has 192 valence electrons. The van der Waals surface area contributed by atoms with Gasteiger partial charge < -0.3 is 10.1 Å². The zero-order valence-corrected chi connectivity index (χ0v) is 21.1. The summed E-state index contributed by atoms with van der Waals surface area (Å²) in [4.78, 5) is 16.5. The molecule has 1 saturated heterocycles. The van der Waals surface area contributed by atoms with Gasteiger partial charge in [-0.3, -0.25) is 4.98 Å². The minimum Gasteiger partial charge on any atom is -0.450 e. The highest BCUT2D eigenvalue weighted by molar-refractivity contribution is 7.90. The Morgan fingerprint density at radius 2 is 2.06 bits per heavy atom. The van der Waals surface area contributed by atoms with Crippen molar-refractivity contribution in [2.45, 2.75) is 43.9 Å². The van der Waals surface area contributed by atoms with Gasteiger partial charge in [0.05, 0.1) is 17.6 Å². The number of rotatable bonds is 5. The van der Waals surface area contributed by atoms with E-state index in [-0.39, 0.29) is 35.7 Å². The van der Waals surface area contributed by atoms with Crippen LogP contribution in [0.15, 0.2) is 48.7 Å². The summed E-state index contributed by atoms with van der Waals surface area (Å²) in [5.41, 5.74) is 2.31. The van der Waals surface area contributed by atoms with Crippen LogP contribution < -0.4 is 10.0 Å².